The molecule has 0 bridgehead atoms. The summed E-state index contributed by atoms with van der Waals surface area (Å²) in [4.78, 5) is 21.3. The predicted molar refractivity (Wildman–Crippen MR) is 70.3 cm³/mol. The van der Waals surface area contributed by atoms with Crippen LogP contribution < -0.4 is 5.73 Å². The number of nitrogens with two attached hydrogens (primary N) is 1. The van der Waals surface area contributed by atoms with E-state index in [0.29, 0.717) is 11.2 Å². The molecule has 4 N–H and O–H groups in total. The molecule has 2 fully saturated rings. The van der Waals surface area contributed by atoms with Gasteiger partial charge in [0.25, 0.3) is 0 Å². The predicted octanol–water partition coefficient (Wildman–Crippen LogP) is -0.817. The van der Waals surface area contributed by atoms with Crippen molar-refractivity contribution in [2.45, 2.75) is 24.5 Å². The molecular formula is C10H12N5O6P. The minimum Gasteiger partial charge on any atom is -0.386 e. The summed E-state index contributed by atoms with van der Waals surface area (Å²) >= 11 is 0. The van der Waals surface area contributed by atoms with Gasteiger partial charge in [0, 0.05) is 0 Å². The summed E-state index contributed by atoms with van der Waals surface area (Å²) in [5.41, 5.74) is 6.46. The molecule has 22 heavy (non-hydrogen) atoms. The third kappa shape index (κ3) is 2.02. The Morgan fingerprint density at radius 1 is 1.41 bits per heavy atom. The second kappa shape index (κ2) is 4.69. The number of hydrogen-bond donors (Lipinski definition) is 3. The van der Waals surface area contributed by atoms with Gasteiger partial charge >= 0.3 is 7.82 Å². The van der Waals surface area contributed by atoms with Crippen LogP contribution in [0.2, 0.25) is 0 Å². The van der Waals surface area contributed by atoms with E-state index in [1.807, 2.05) is 0 Å². The summed E-state index contributed by atoms with van der Waals surface area (Å²) in [5, 5.41) is 10.4. The molecule has 1 unspecified atom stereocenters. The van der Waals surface area contributed by atoms with Gasteiger partial charge in [-0.15, -0.1) is 0 Å². The summed E-state index contributed by atoms with van der Waals surface area (Å²) in [7, 11) is -4.16. The minimum atomic E-state index is -4.16. The molecular weight excluding hydrogens is 317 g/mol. The lowest BCUT2D eigenvalue weighted by molar-refractivity contribution is -0.0664. The Bertz CT molecular complexity index is 782. The molecule has 0 aromatic carbocycles. The van der Waals surface area contributed by atoms with Crippen LogP contribution in [-0.4, -0.2) is 54.4 Å². The molecule has 2 aliphatic heterocycles. The van der Waals surface area contributed by atoms with Crippen LogP contribution in [0.3, 0.4) is 0 Å². The van der Waals surface area contributed by atoms with Gasteiger partial charge in [0.05, 0.1) is 12.9 Å². The number of rotatable bonds is 1. The van der Waals surface area contributed by atoms with E-state index in [9.17, 15) is 14.6 Å². The fourth-order valence-electron chi connectivity index (χ4n) is 2.62. The standard InChI is InChI=1S/C10H12N5O6P/c11-8-5-9(13-2-12-8)15(3-14-5)10-6(16)7-4(20-10)1-19-22(17,18)21-7/h2-4,6-7,10,16H,1H2,(H,17,18)(H2,11,12,13)/t4-,6-,7+,10-/m1/s1. The molecule has 0 amide bonds. The van der Waals surface area contributed by atoms with Crippen molar-refractivity contribution >= 4 is 24.8 Å². The number of imidazole rings is 1. The van der Waals surface area contributed by atoms with Crippen LogP contribution in [-0.2, 0) is 18.3 Å². The van der Waals surface area contributed by atoms with Gasteiger partial charge in [-0.1, -0.05) is 0 Å². The van der Waals surface area contributed by atoms with Crippen molar-refractivity contribution in [3.05, 3.63) is 12.7 Å². The molecule has 0 spiro atoms. The van der Waals surface area contributed by atoms with E-state index < -0.39 is 32.4 Å². The highest BCUT2D eigenvalue weighted by Crippen LogP contribution is 2.52. The van der Waals surface area contributed by atoms with Gasteiger partial charge in [-0.05, 0) is 0 Å². The second-order valence-electron chi connectivity index (χ2n) is 4.97. The van der Waals surface area contributed by atoms with E-state index in [0.717, 1.165) is 0 Å². The molecule has 4 rings (SSSR count). The topological polar surface area (TPSA) is 155 Å². The zero-order valence-electron chi connectivity index (χ0n) is 11.0. The number of aliphatic hydroxyl groups is 1. The average Bonchev–Trinajstić information content (AvgIpc) is 3.01. The van der Waals surface area contributed by atoms with Crippen LogP contribution in [0, 0.1) is 0 Å². The first-order chi connectivity index (χ1) is 10.5. The number of phosphoric acid groups is 1. The Morgan fingerprint density at radius 3 is 3.05 bits per heavy atom. The maximum Gasteiger partial charge on any atom is 0.472 e. The van der Waals surface area contributed by atoms with Crippen molar-refractivity contribution in [1.82, 2.24) is 19.5 Å². The number of nitrogen functional groups attached to an aromatic ring is 1. The maximum atomic E-state index is 11.5. The lowest BCUT2D eigenvalue weighted by Gasteiger charge is -2.27. The lowest BCUT2D eigenvalue weighted by atomic mass is 10.1. The third-order valence-electron chi connectivity index (χ3n) is 3.63. The number of aliphatic hydroxyl groups excluding tert-OH is 1. The zero-order valence-corrected chi connectivity index (χ0v) is 11.9. The van der Waals surface area contributed by atoms with Gasteiger partial charge in [0.15, 0.2) is 17.7 Å². The van der Waals surface area contributed by atoms with Crippen LogP contribution in [0.5, 0.6) is 0 Å². The van der Waals surface area contributed by atoms with Crippen LogP contribution in [0.4, 0.5) is 5.82 Å². The van der Waals surface area contributed by atoms with Crippen molar-refractivity contribution in [2.24, 2.45) is 0 Å². The van der Waals surface area contributed by atoms with Gasteiger partial charge in [0.2, 0.25) is 0 Å². The number of fused-ring (bicyclic) bond motifs is 2. The van der Waals surface area contributed by atoms with Crippen LogP contribution in [0.15, 0.2) is 12.7 Å². The summed E-state index contributed by atoms with van der Waals surface area (Å²) in [6.07, 6.45) is -1.07. The highest BCUT2D eigenvalue weighted by atomic mass is 31.2. The molecule has 2 saturated heterocycles. The molecule has 2 aromatic rings. The number of phosphoric ester groups is 1. The van der Waals surface area contributed by atoms with Gasteiger partial charge < -0.3 is 20.5 Å². The Balaban J connectivity index is 1.71. The van der Waals surface area contributed by atoms with Crippen LogP contribution in [0.25, 0.3) is 11.2 Å². The van der Waals surface area contributed by atoms with E-state index in [4.69, 9.17) is 15.0 Å². The number of hydrogen-bond acceptors (Lipinski definition) is 9. The van der Waals surface area contributed by atoms with Gasteiger partial charge in [-0.25, -0.2) is 19.5 Å². The maximum absolute atomic E-state index is 11.5. The summed E-state index contributed by atoms with van der Waals surface area (Å²) in [5.74, 6) is 0.202. The summed E-state index contributed by atoms with van der Waals surface area (Å²) < 4.78 is 28.2. The number of anilines is 1. The van der Waals surface area contributed by atoms with Crippen molar-refractivity contribution in [1.29, 1.82) is 0 Å². The highest BCUT2D eigenvalue weighted by Gasteiger charge is 2.52. The highest BCUT2D eigenvalue weighted by molar-refractivity contribution is 7.47. The van der Waals surface area contributed by atoms with Crippen LogP contribution in [0.1, 0.15) is 6.23 Å². The molecule has 118 valence electrons. The Hall–Kier alpha value is -1.62. The molecule has 0 saturated carbocycles. The number of ether oxygens (including phenoxy) is 1. The van der Waals surface area contributed by atoms with E-state index in [2.05, 4.69) is 19.5 Å². The van der Waals surface area contributed by atoms with E-state index in [1.54, 1.807) is 0 Å². The Labute approximate surface area is 123 Å². The smallest absolute Gasteiger partial charge is 0.386 e. The Morgan fingerprint density at radius 2 is 2.23 bits per heavy atom. The molecule has 0 radical (unpaired) electrons. The van der Waals surface area contributed by atoms with Gasteiger partial charge in [-0.3, -0.25) is 13.6 Å². The molecule has 2 aromatic heterocycles. The number of aromatic nitrogens is 4. The normalized spacial score (nSPS) is 38.3. The minimum absolute atomic E-state index is 0.157. The van der Waals surface area contributed by atoms with Crippen molar-refractivity contribution in [3.8, 4) is 0 Å². The average molecular weight is 329 g/mol. The molecule has 4 heterocycles. The molecule has 2 aliphatic rings. The first kappa shape index (κ1) is 14.0. The third-order valence-corrected chi connectivity index (χ3v) is 4.61. The monoisotopic (exact) mass is 329 g/mol. The fraction of sp³-hybridized carbons (Fsp3) is 0.500. The van der Waals surface area contributed by atoms with Crippen molar-refractivity contribution in [2.75, 3.05) is 12.3 Å². The van der Waals surface area contributed by atoms with Gasteiger partial charge in [0.1, 0.15) is 30.2 Å². The molecule has 12 heteroatoms. The van der Waals surface area contributed by atoms with Gasteiger partial charge in [-0.2, -0.15) is 0 Å². The largest absolute Gasteiger partial charge is 0.472 e. The fourth-order valence-corrected chi connectivity index (χ4v) is 3.59. The van der Waals surface area contributed by atoms with Crippen LogP contribution >= 0.6 is 7.82 Å². The van der Waals surface area contributed by atoms with E-state index >= 15 is 0 Å². The molecule has 11 nitrogen and oxygen atoms in total. The summed E-state index contributed by atoms with van der Waals surface area (Å²) in [6.45, 7) is -0.157. The Kier molecular flexibility index (Phi) is 2.98. The molecule has 5 atom stereocenters. The summed E-state index contributed by atoms with van der Waals surface area (Å²) in [6, 6.07) is 0. The number of nitrogens with zero attached hydrogens (tertiary/aromatic N) is 4. The molecule has 0 aliphatic carbocycles. The lowest BCUT2D eigenvalue weighted by Crippen LogP contribution is -2.39. The first-order valence-corrected chi connectivity index (χ1v) is 7.88. The SMILES string of the molecule is Nc1ncnc2c1ncn2[C@@H]1O[C@@H]2COP(=O)(O)O[C@@H]2[C@H]1O. The van der Waals surface area contributed by atoms with Crippen molar-refractivity contribution in [3.63, 3.8) is 0 Å². The van der Waals surface area contributed by atoms with Crippen molar-refractivity contribution < 1.29 is 28.3 Å². The zero-order chi connectivity index (χ0) is 15.5. The second-order valence-corrected chi connectivity index (χ2v) is 6.38. The van der Waals surface area contributed by atoms with E-state index in [1.165, 1.54) is 17.2 Å². The van der Waals surface area contributed by atoms with E-state index in [-0.39, 0.29) is 12.4 Å². The first-order valence-electron chi connectivity index (χ1n) is 6.38. The quantitative estimate of drug-likeness (QED) is 0.565.